The molecule has 17 heavy (non-hydrogen) atoms. The van der Waals surface area contributed by atoms with Crippen molar-refractivity contribution in [1.82, 2.24) is 5.16 Å². The van der Waals surface area contributed by atoms with Crippen LogP contribution in [0.4, 0.5) is 17.1 Å². The predicted octanol–water partition coefficient (Wildman–Crippen LogP) is 1.78. The van der Waals surface area contributed by atoms with Gasteiger partial charge in [-0.3, -0.25) is 10.1 Å². The Morgan fingerprint density at radius 1 is 1.47 bits per heavy atom. The lowest BCUT2D eigenvalue weighted by Crippen LogP contribution is -2.02. The highest BCUT2D eigenvalue weighted by Gasteiger charge is 2.08. The largest absolute Gasteiger partial charge is 0.397 e. The van der Waals surface area contributed by atoms with E-state index in [9.17, 15) is 10.1 Å². The summed E-state index contributed by atoms with van der Waals surface area (Å²) in [6.45, 7) is 0.419. The number of nitrogen functional groups attached to an aromatic ring is 1. The number of non-ortho nitro benzene ring substituents is 1. The monoisotopic (exact) mass is 234 g/mol. The van der Waals surface area contributed by atoms with Crippen LogP contribution in [0.25, 0.3) is 0 Å². The zero-order chi connectivity index (χ0) is 12.3. The second-order valence-electron chi connectivity index (χ2n) is 3.36. The van der Waals surface area contributed by atoms with Gasteiger partial charge in [-0.15, -0.1) is 0 Å². The summed E-state index contributed by atoms with van der Waals surface area (Å²) in [5.74, 6) is 0.655. The molecule has 1 aromatic carbocycles. The van der Waals surface area contributed by atoms with Gasteiger partial charge in [-0.2, -0.15) is 0 Å². The summed E-state index contributed by atoms with van der Waals surface area (Å²) in [5, 5.41) is 17.1. The number of anilines is 2. The minimum Gasteiger partial charge on any atom is -0.397 e. The number of rotatable bonds is 4. The Bertz CT molecular complexity index is 524. The quantitative estimate of drug-likeness (QED) is 0.474. The van der Waals surface area contributed by atoms with Gasteiger partial charge in [0, 0.05) is 18.2 Å². The van der Waals surface area contributed by atoms with Crippen LogP contribution in [0.3, 0.4) is 0 Å². The van der Waals surface area contributed by atoms with Crippen molar-refractivity contribution in [3.63, 3.8) is 0 Å². The molecule has 3 N–H and O–H groups in total. The van der Waals surface area contributed by atoms with E-state index in [4.69, 9.17) is 10.3 Å². The highest BCUT2D eigenvalue weighted by atomic mass is 16.6. The number of nitrogens with zero attached hydrogens (tertiary/aromatic N) is 2. The molecule has 0 radical (unpaired) electrons. The number of nitro groups is 1. The van der Waals surface area contributed by atoms with Gasteiger partial charge in [-0.25, -0.2) is 0 Å². The second-order valence-corrected chi connectivity index (χ2v) is 3.36. The van der Waals surface area contributed by atoms with Gasteiger partial charge in [-0.05, 0) is 6.07 Å². The molecular formula is C10H10N4O3. The lowest BCUT2D eigenvalue weighted by Gasteiger charge is -2.06. The number of nitrogens with two attached hydrogens (primary N) is 1. The number of hydrogen-bond donors (Lipinski definition) is 2. The molecule has 1 heterocycles. The molecule has 0 saturated carbocycles. The average molecular weight is 234 g/mol. The Hall–Kier alpha value is -2.57. The molecule has 0 atom stereocenters. The summed E-state index contributed by atoms with van der Waals surface area (Å²) in [7, 11) is 0. The molecule has 0 aliphatic rings. The van der Waals surface area contributed by atoms with E-state index in [1.807, 2.05) is 0 Å². The van der Waals surface area contributed by atoms with Gasteiger partial charge < -0.3 is 15.6 Å². The summed E-state index contributed by atoms with van der Waals surface area (Å²) >= 11 is 0. The van der Waals surface area contributed by atoms with Crippen LogP contribution < -0.4 is 11.1 Å². The Balaban J connectivity index is 2.09. The van der Waals surface area contributed by atoms with Crippen molar-refractivity contribution >= 4 is 17.1 Å². The fraction of sp³-hybridized carbons (Fsp3) is 0.100. The molecule has 0 amide bonds. The fourth-order valence-corrected chi connectivity index (χ4v) is 1.34. The van der Waals surface area contributed by atoms with Crippen LogP contribution in [-0.2, 0) is 6.54 Å². The van der Waals surface area contributed by atoms with Crippen molar-refractivity contribution in [3.8, 4) is 0 Å². The van der Waals surface area contributed by atoms with E-state index >= 15 is 0 Å². The maximum absolute atomic E-state index is 10.5. The van der Waals surface area contributed by atoms with Crippen molar-refractivity contribution in [2.24, 2.45) is 0 Å². The van der Waals surface area contributed by atoms with Crippen LogP contribution in [0, 0.1) is 10.1 Å². The van der Waals surface area contributed by atoms with Gasteiger partial charge in [0.15, 0.2) is 5.76 Å². The third-order valence-electron chi connectivity index (χ3n) is 2.19. The summed E-state index contributed by atoms with van der Waals surface area (Å²) in [6, 6.07) is 5.97. The lowest BCUT2D eigenvalue weighted by atomic mass is 10.2. The number of aromatic nitrogens is 1. The molecule has 2 rings (SSSR count). The fourth-order valence-electron chi connectivity index (χ4n) is 1.34. The van der Waals surface area contributed by atoms with Gasteiger partial charge in [0.2, 0.25) is 0 Å². The minimum absolute atomic E-state index is 0.0345. The van der Waals surface area contributed by atoms with Crippen LogP contribution in [0.2, 0.25) is 0 Å². The first-order chi connectivity index (χ1) is 8.16. The summed E-state index contributed by atoms with van der Waals surface area (Å²) in [6.07, 6.45) is 1.54. The molecule has 2 aromatic rings. The zero-order valence-electron chi connectivity index (χ0n) is 8.79. The van der Waals surface area contributed by atoms with Crippen LogP contribution in [0.1, 0.15) is 5.76 Å². The van der Waals surface area contributed by atoms with Gasteiger partial charge in [0.05, 0.1) is 29.0 Å². The van der Waals surface area contributed by atoms with E-state index in [0.717, 1.165) is 0 Å². The van der Waals surface area contributed by atoms with Crippen molar-refractivity contribution in [3.05, 3.63) is 46.3 Å². The normalized spacial score (nSPS) is 10.1. The van der Waals surface area contributed by atoms with Crippen molar-refractivity contribution in [2.45, 2.75) is 6.54 Å². The van der Waals surface area contributed by atoms with E-state index < -0.39 is 4.92 Å². The average Bonchev–Trinajstić information content (AvgIpc) is 2.80. The molecule has 88 valence electrons. The molecule has 0 fully saturated rings. The maximum Gasteiger partial charge on any atom is 0.271 e. The molecular weight excluding hydrogens is 224 g/mol. The number of benzene rings is 1. The Kier molecular flexibility index (Phi) is 2.91. The standard InChI is InChI=1S/C10H10N4O3/c11-9-5-7(14(15)16)1-2-10(9)12-6-8-3-4-13-17-8/h1-5,12H,6,11H2. The molecule has 0 aliphatic carbocycles. The Labute approximate surface area is 96.4 Å². The summed E-state index contributed by atoms with van der Waals surface area (Å²) in [5.41, 5.74) is 6.59. The number of nitro benzene ring substituents is 1. The molecule has 7 nitrogen and oxygen atoms in total. The van der Waals surface area contributed by atoms with Crippen LogP contribution in [-0.4, -0.2) is 10.1 Å². The molecule has 1 aromatic heterocycles. The highest BCUT2D eigenvalue weighted by Crippen LogP contribution is 2.24. The molecule has 0 spiro atoms. The first-order valence-electron chi connectivity index (χ1n) is 4.84. The minimum atomic E-state index is -0.489. The smallest absolute Gasteiger partial charge is 0.271 e. The lowest BCUT2D eigenvalue weighted by molar-refractivity contribution is -0.384. The van der Waals surface area contributed by atoms with E-state index in [0.29, 0.717) is 23.7 Å². The Morgan fingerprint density at radius 2 is 2.29 bits per heavy atom. The van der Waals surface area contributed by atoms with Gasteiger partial charge in [0.1, 0.15) is 0 Å². The van der Waals surface area contributed by atoms with Crippen LogP contribution in [0.15, 0.2) is 35.0 Å². The highest BCUT2D eigenvalue weighted by molar-refractivity contribution is 5.69. The van der Waals surface area contributed by atoms with Crippen molar-refractivity contribution in [1.29, 1.82) is 0 Å². The van der Waals surface area contributed by atoms with Crippen molar-refractivity contribution in [2.75, 3.05) is 11.1 Å². The number of nitrogens with one attached hydrogen (secondary N) is 1. The molecule has 0 bridgehead atoms. The van der Waals surface area contributed by atoms with Gasteiger partial charge in [0.25, 0.3) is 5.69 Å². The first-order valence-corrected chi connectivity index (χ1v) is 4.84. The number of hydrogen-bond acceptors (Lipinski definition) is 6. The SMILES string of the molecule is Nc1cc([N+](=O)[O-])ccc1NCc1ccno1. The van der Waals surface area contributed by atoms with E-state index in [1.54, 1.807) is 12.1 Å². The molecule has 0 unspecified atom stereocenters. The first kappa shape index (κ1) is 10.9. The van der Waals surface area contributed by atoms with E-state index in [2.05, 4.69) is 10.5 Å². The third kappa shape index (κ3) is 2.51. The van der Waals surface area contributed by atoms with E-state index in [1.165, 1.54) is 18.3 Å². The Morgan fingerprint density at radius 3 is 2.88 bits per heavy atom. The topological polar surface area (TPSA) is 107 Å². The predicted molar refractivity (Wildman–Crippen MR) is 61.3 cm³/mol. The second kappa shape index (κ2) is 4.52. The third-order valence-corrected chi connectivity index (χ3v) is 2.19. The maximum atomic E-state index is 10.5. The zero-order valence-corrected chi connectivity index (χ0v) is 8.79. The van der Waals surface area contributed by atoms with E-state index in [-0.39, 0.29) is 5.69 Å². The van der Waals surface area contributed by atoms with Gasteiger partial charge >= 0.3 is 0 Å². The summed E-state index contributed by atoms with van der Waals surface area (Å²) in [4.78, 5) is 10.0. The van der Waals surface area contributed by atoms with Gasteiger partial charge in [-0.1, -0.05) is 5.16 Å². The molecule has 7 heteroatoms. The van der Waals surface area contributed by atoms with Crippen LogP contribution >= 0.6 is 0 Å². The summed E-state index contributed by atoms with van der Waals surface area (Å²) < 4.78 is 4.90. The van der Waals surface area contributed by atoms with Crippen molar-refractivity contribution < 1.29 is 9.45 Å². The molecule has 0 aliphatic heterocycles. The van der Waals surface area contributed by atoms with Crippen LogP contribution in [0.5, 0.6) is 0 Å². The molecule has 0 saturated heterocycles.